The molecule has 128 valence electrons. The number of carbonyl (C=O) groups excluding carboxylic acids is 2. The third kappa shape index (κ3) is 3.95. The second kappa shape index (κ2) is 7.31. The summed E-state index contributed by atoms with van der Waals surface area (Å²) < 4.78 is 10.6. The number of hydrogen-bond donors (Lipinski definition) is 1. The monoisotopic (exact) mass is 356 g/mol. The van der Waals surface area contributed by atoms with Crippen molar-refractivity contribution in [2.45, 2.75) is 13.5 Å². The zero-order valence-corrected chi connectivity index (χ0v) is 14.6. The molecule has 0 aliphatic carbocycles. The fourth-order valence-corrected chi connectivity index (χ4v) is 3.09. The second-order valence-electron chi connectivity index (χ2n) is 5.30. The van der Waals surface area contributed by atoms with Gasteiger partial charge in [-0.25, -0.2) is 9.78 Å². The lowest BCUT2D eigenvalue weighted by Crippen LogP contribution is -2.08. The van der Waals surface area contributed by atoms with Crippen molar-refractivity contribution >= 4 is 39.1 Å². The molecule has 0 saturated carbocycles. The highest BCUT2D eigenvalue weighted by Gasteiger charge is 2.16. The molecule has 0 saturated heterocycles. The van der Waals surface area contributed by atoms with E-state index in [-0.39, 0.29) is 12.5 Å². The van der Waals surface area contributed by atoms with Crippen molar-refractivity contribution in [3.05, 3.63) is 53.0 Å². The summed E-state index contributed by atoms with van der Waals surface area (Å²) in [6.07, 6.45) is 0. The van der Waals surface area contributed by atoms with Crippen LogP contribution in [-0.2, 0) is 16.1 Å². The van der Waals surface area contributed by atoms with Crippen LogP contribution in [0.3, 0.4) is 0 Å². The Morgan fingerprint density at radius 3 is 2.60 bits per heavy atom. The van der Waals surface area contributed by atoms with E-state index >= 15 is 0 Å². The molecule has 3 aromatic rings. The summed E-state index contributed by atoms with van der Waals surface area (Å²) in [5, 5.41) is 6.71. The van der Waals surface area contributed by atoms with Gasteiger partial charge in [-0.3, -0.25) is 4.79 Å². The van der Waals surface area contributed by atoms with Crippen LogP contribution in [-0.4, -0.2) is 24.0 Å². The van der Waals surface area contributed by atoms with Gasteiger partial charge in [0.25, 0.3) is 0 Å². The quantitative estimate of drug-likeness (QED) is 0.707. The average Bonchev–Trinajstić information content (AvgIpc) is 3.05. The van der Waals surface area contributed by atoms with Crippen LogP contribution in [0.15, 0.2) is 41.8 Å². The number of fused-ring (bicyclic) bond motifs is 1. The number of nitrogens with zero attached hydrogens (tertiary/aromatic N) is 1. The van der Waals surface area contributed by atoms with Crippen LogP contribution in [0.5, 0.6) is 5.75 Å². The fourth-order valence-electron chi connectivity index (χ4n) is 2.35. The first-order chi connectivity index (χ1) is 12.1. The lowest BCUT2D eigenvalue weighted by Gasteiger charge is -2.10. The van der Waals surface area contributed by atoms with E-state index in [2.05, 4.69) is 10.3 Å². The number of rotatable bonds is 5. The molecule has 0 fully saturated rings. The number of methoxy groups -OCH3 is 1. The minimum atomic E-state index is -0.489. The molecule has 1 heterocycles. The highest BCUT2D eigenvalue weighted by molar-refractivity contribution is 7.13. The molecule has 0 bridgehead atoms. The highest BCUT2D eigenvalue weighted by Crippen LogP contribution is 2.27. The SMILES string of the molecule is COc1cc2ccccc2cc1C(=O)OCc1csc(NC(C)=O)n1. The topological polar surface area (TPSA) is 77.5 Å². The number of amides is 1. The first kappa shape index (κ1) is 16.9. The van der Waals surface area contributed by atoms with Crippen molar-refractivity contribution in [3.8, 4) is 5.75 Å². The summed E-state index contributed by atoms with van der Waals surface area (Å²) in [5.74, 6) is -0.226. The van der Waals surface area contributed by atoms with Crippen LogP contribution in [0.1, 0.15) is 23.0 Å². The minimum Gasteiger partial charge on any atom is -0.496 e. The number of carbonyl (C=O) groups is 2. The Labute approximate surface area is 148 Å². The van der Waals surface area contributed by atoms with E-state index in [9.17, 15) is 9.59 Å². The molecule has 0 atom stereocenters. The van der Waals surface area contributed by atoms with Gasteiger partial charge in [0, 0.05) is 12.3 Å². The predicted octanol–water partition coefficient (Wildman–Crippen LogP) is 3.62. The maximum absolute atomic E-state index is 12.4. The number of hydrogen-bond acceptors (Lipinski definition) is 6. The molecule has 1 amide bonds. The van der Waals surface area contributed by atoms with Crippen molar-refractivity contribution in [1.82, 2.24) is 4.98 Å². The normalized spacial score (nSPS) is 10.5. The lowest BCUT2D eigenvalue weighted by atomic mass is 10.1. The standard InChI is InChI=1S/C18H16N2O4S/c1-11(21)19-18-20-14(10-25-18)9-24-17(22)15-7-12-5-3-4-6-13(12)8-16(15)23-2/h3-8,10H,9H2,1-2H3,(H,19,20,21). The van der Waals surface area contributed by atoms with Gasteiger partial charge in [0.15, 0.2) is 5.13 Å². The van der Waals surface area contributed by atoms with E-state index in [0.29, 0.717) is 22.1 Å². The Morgan fingerprint density at radius 2 is 1.92 bits per heavy atom. The van der Waals surface area contributed by atoms with E-state index < -0.39 is 5.97 Å². The molecule has 0 aliphatic rings. The third-order valence-corrected chi connectivity index (χ3v) is 4.28. The predicted molar refractivity (Wildman–Crippen MR) is 96.0 cm³/mol. The summed E-state index contributed by atoms with van der Waals surface area (Å²) in [7, 11) is 1.51. The maximum Gasteiger partial charge on any atom is 0.342 e. The van der Waals surface area contributed by atoms with E-state index in [1.165, 1.54) is 25.4 Å². The largest absolute Gasteiger partial charge is 0.496 e. The van der Waals surface area contributed by atoms with Gasteiger partial charge in [-0.15, -0.1) is 11.3 Å². The summed E-state index contributed by atoms with van der Waals surface area (Å²) in [6.45, 7) is 1.43. The van der Waals surface area contributed by atoms with Gasteiger partial charge in [-0.05, 0) is 22.9 Å². The molecule has 6 nitrogen and oxygen atoms in total. The van der Waals surface area contributed by atoms with Crippen LogP contribution in [0, 0.1) is 0 Å². The number of aromatic nitrogens is 1. The van der Waals surface area contributed by atoms with Crippen LogP contribution in [0.25, 0.3) is 10.8 Å². The Bertz CT molecular complexity index is 936. The lowest BCUT2D eigenvalue weighted by molar-refractivity contribution is -0.114. The summed E-state index contributed by atoms with van der Waals surface area (Å²) in [5.41, 5.74) is 0.931. The molecule has 0 unspecified atom stereocenters. The number of ether oxygens (including phenoxy) is 2. The number of thiazole rings is 1. The number of benzene rings is 2. The van der Waals surface area contributed by atoms with Gasteiger partial charge in [-0.2, -0.15) is 0 Å². The molecular formula is C18H16N2O4S. The molecule has 0 radical (unpaired) electrons. The van der Waals surface area contributed by atoms with E-state index in [1.807, 2.05) is 30.3 Å². The maximum atomic E-state index is 12.4. The second-order valence-corrected chi connectivity index (χ2v) is 6.16. The van der Waals surface area contributed by atoms with Crippen LogP contribution in [0.2, 0.25) is 0 Å². The highest BCUT2D eigenvalue weighted by atomic mass is 32.1. The zero-order chi connectivity index (χ0) is 17.8. The van der Waals surface area contributed by atoms with E-state index in [4.69, 9.17) is 9.47 Å². The molecule has 3 rings (SSSR count). The van der Waals surface area contributed by atoms with Gasteiger partial charge in [-0.1, -0.05) is 24.3 Å². The molecule has 0 aliphatic heterocycles. The molecule has 1 N–H and O–H groups in total. The molecule has 25 heavy (non-hydrogen) atoms. The third-order valence-electron chi connectivity index (χ3n) is 3.47. The molecular weight excluding hydrogens is 340 g/mol. The molecule has 2 aromatic carbocycles. The van der Waals surface area contributed by atoms with Gasteiger partial charge < -0.3 is 14.8 Å². The van der Waals surface area contributed by atoms with Crippen molar-refractivity contribution < 1.29 is 19.1 Å². The van der Waals surface area contributed by atoms with Gasteiger partial charge in [0.05, 0.1) is 12.8 Å². The van der Waals surface area contributed by atoms with Crippen molar-refractivity contribution in [2.75, 3.05) is 12.4 Å². The first-order valence-electron chi connectivity index (χ1n) is 7.52. The van der Waals surface area contributed by atoms with E-state index in [0.717, 1.165) is 10.8 Å². The average molecular weight is 356 g/mol. The Morgan fingerprint density at radius 1 is 1.20 bits per heavy atom. The van der Waals surface area contributed by atoms with Gasteiger partial charge in [0.2, 0.25) is 5.91 Å². The van der Waals surface area contributed by atoms with Crippen LogP contribution >= 0.6 is 11.3 Å². The Balaban J connectivity index is 1.75. The number of nitrogens with one attached hydrogen (secondary N) is 1. The number of anilines is 1. The Hall–Kier alpha value is -2.93. The molecule has 0 spiro atoms. The van der Waals surface area contributed by atoms with Crippen LogP contribution < -0.4 is 10.1 Å². The van der Waals surface area contributed by atoms with E-state index in [1.54, 1.807) is 11.4 Å². The smallest absolute Gasteiger partial charge is 0.342 e. The van der Waals surface area contributed by atoms with Crippen molar-refractivity contribution in [1.29, 1.82) is 0 Å². The van der Waals surface area contributed by atoms with Crippen molar-refractivity contribution in [2.24, 2.45) is 0 Å². The number of esters is 1. The Kier molecular flexibility index (Phi) is 4.95. The van der Waals surface area contributed by atoms with Gasteiger partial charge >= 0.3 is 5.97 Å². The summed E-state index contributed by atoms with van der Waals surface area (Å²) in [4.78, 5) is 27.6. The zero-order valence-electron chi connectivity index (χ0n) is 13.7. The minimum absolute atomic E-state index is 0.0187. The van der Waals surface area contributed by atoms with Crippen LogP contribution in [0.4, 0.5) is 5.13 Å². The summed E-state index contributed by atoms with van der Waals surface area (Å²) >= 11 is 1.28. The van der Waals surface area contributed by atoms with Crippen molar-refractivity contribution in [3.63, 3.8) is 0 Å². The first-order valence-corrected chi connectivity index (χ1v) is 8.40. The fraction of sp³-hybridized carbons (Fsp3) is 0.167. The molecule has 1 aromatic heterocycles. The molecule has 7 heteroatoms. The van der Waals surface area contributed by atoms with Gasteiger partial charge in [0.1, 0.15) is 17.9 Å². The summed E-state index contributed by atoms with van der Waals surface area (Å²) in [6, 6.07) is 11.3.